The molecule has 0 aliphatic carbocycles. The zero-order valence-corrected chi connectivity index (χ0v) is 10.3. The van der Waals surface area contributed by atoms with E-state index in [1.54, 1.807) is 24.3 Å². The number of fused-ring (bicyclic) bond motifs is 3. The van der Waals surface area contributed by atoms with Gasteiger partial charge >= 0.3 is 5.63 Å². The maximum atomic E-state index is 11.9. The van der Waals surface area contributed by atoms with Gasteiger partial charge in [0.2, 0.25) is 0 Å². The SMILES string of the molecule is COc1cc(Cl)c2c(c1)oc(=O)c1ccccc12. The van der Waals surface area contributed by atoms with Crippen LogP contribution in [0.25, 0.3) is 21.7 Å². The molecule has 0 radical (unpaired) electrons. The number of halogens is 1. The van der Waals surface area contributed by atoms with Crippen LogP contribution < -0.4 is 10.4 Å². The first-order valence-electron chi connectivity index (χ1n) is 5.40. The normalized spacial score (nSPS) is 11.0. The van der Waals surface area contributed by atoms with Gasteiger partial charge in [-0.15, -0.1) is 0 Å². The Morgan fingerprint density at radius 2 is 1.89 bits per heavy atom. The van der Waals surface area contributed by atoms with Gasteiger partial charge in [0.05, 0.1) is 17.5 Å². The van der Waals surface area contributed by atoms with Crippen molar-refractivity contribution in [1.29, 1.82) is 0 Å². The van der Waals surface area contributed by atoms with Gasteiger partial charge in [0.1, 0.15) is 11.3 Å². The lowest BCUT2D eigenvalue weighted by Crippen LogP contribution is -1.99. The van der Waals surface area contributed by atoms with Crippen LogP contribution >= 0.6 is 11.6 Å². The monoisotopic (exact) mass is 260 g/mol. The zero-order chi connectivity index (χ0) is 12.7. The number of methoxy groups -OCH3 is 1. The maximum absolute atomic E-state index is 11.9. The Bertz CT molecular complexity index is 805. The van der Waals surface area contributed by atoms with Crippen molar-refractivity contribution in [2.45, 2.75) is 0 Å². The zero-order valence-electron chi connectivity index (χ0n) is 9.57. The molecule has 0 aliphatic rings. The Balaban J connectivity index is 2.59. The molecule has 1 heterocycles. The highest BCUT2D eigenvalue weighted by Gasteiger charge is 2.11. The fourth-order valence-corrected chi connectivity index (χ4v) is 2.35. The minimum Gasteiger partial charge on any atom is -0.497 e. The Morgan fingerprint density at radius 3 is 2.61 bits per heavy atom. The van der Waals surface area contributed by atoms with E-state index >= 15 is 0 Å². The van der Waals surface area contributed by atoms with Crippen LogP contribution in [-0.2, 0) is 0 Å². The van der Waals surface area contributed by atoms with E-state index < -0.39 is 0 Å². The first-order valence-corrected chi connectivity index (χ1v) is 5.77. The Kier molecular flexibility index (Phi) is 2.49. The van der Waals surface area contributed by atoms with Gasteiger partial charge in [0, 0.05) is 16.8 Å². The summed E-state index contributed by atoms with van der Waals surface area (Å²) < 4.78 is 10.4. The van der Waals surface area contributed by atoms with Crippen LogP contribution in [0.2, 0.25) is 5.02 Å². The fourth-order valence-electron chi connectivity index (χ4n) is 2.05. The topological polar surface area (TPSA) is 39.4 Å². The molecule has 0 bridgehead atoms. The molecule has 3 rings (SSSR count). The van der Waals surface area contributed by atoms with Crippen molar-refractivity contribution < 1.29 is 9.15 Å². The molecule has 2 aromatic carbocycles. The molecule has 90 valence electrons. The molecule has 3 aromatic rings. The van der Waals surface area contributed by atoms with E-state index in [2.05, 4.69) is 0 Å². The number of hydrogen-bond donors (Lipinski definition) is 0. The van der Waals surface area contributed by atoms with Crippen molar-refractivity contribution in [2.75, 3.05) is 7.11 Å². The summed E-state index contributed by atoms with van der Waals surface area (Å²) >= 11 is 6.23. The van der Waals surface area contributed by atoms with Gasteiger partial charge < -0.3 is 9.15 Å². The second kappa shape index (κ2) is 4.03. The number of hydrogen-bond acceptors (Lipinski definition) is 3. The summed E-state index contributed by atoms with van der Waals surface area (Å²) in [5.41, 5.74) is 0.0606. The molecule has 0 spiro atoms. The molecular formula is C14H9ClO3. The van der Waals surface area contributed by atoms with Crippen molar-refractivity contribution in [3.8, 4) is 5.75 Å². The van der Waals surface area contributed by atoms with Gasteiger partial charge in [-0.05, 0) is 12.1 Å². The molecule has 3 nitrogen and oxygen atoms in total. The maximum Gasteiger partial charge on any atom is 0.344 e. The van der Waals surface area contributed by atoms with E-state index in [4.69, 9.17) is 20.8 Å². The van der Waals surface area contributed by atoms with Gasteiger partial charge in [-0.1, -0.05) is 29.8 Å². The van der Waals surface area contributed by atoms with Gasteiger partial charge in [0.15, 0.2) is 0 Å². The van der Waals surface area contributed by atoms with Gasteiger partial charge in [-0.3, -0.25) is 0 Å². The molecule has 0 atom stereocenters. The van der Waals surface area contributed by atoms with Crippen LogP contribution in [0.5, 0.6) is 5.75 Å². The summed E-state index contributed by atoms with van der Waals surface area (Å²) in [6.45, 7) is 0. The smallest absolute Gasteiger partial charge is 0.344 e. The van der Waals surface area contributed by atoms with Gasteiger partial charge in [0.25, 0.3) is 0 Å². The van der Waals surface area contributed by atoms with E-state index in [0.717, 1.165) is 10.8 Å². The number of ether oxygens (including phenoxy) is 1. The lowest BCUT2D eigenvalue weighted by Gasteiger charge is -2.06. The van der Waals surface area contributed by atoms with Crippen LogP contribution in [-0.4, -0.2) is 7.11 Å². The highest BCUT2D eigenvalue weighted by molar-refractivity contribution is 6.37. The quantitative estimate of drug-likeness (QED) is 0.496. The largest absolute Gasteiger partial charge is 0.497 e. The fraction of sp³-hybridized carbons (Fsp3) is 0.0714. The number of benzene rings is 2. The molecule has 4 heteroatoms. The van der Waals surface area contributed by atoms with Crippen molar-refractivity contribution >= 4 is 33.3 Å². The van der Waals surface area contributed by atoms with Gasteiger partial charge in [-0.25, -0.2) is 4.79 Å². The second-order valence-electron chi connectivity index (χ2n) is 3.92. The summed E-state index contributed by atoms with van der Waals surface area (Å²) in [5.74, 6) is 0.561. The average Bonchev–Trinajstić information content (AvgIpc) is 2.38. The van der Waals surface area contributed by atoms with Gasteiger partial charge in [-0.2, -0.15) is 0 Å². The summed E-state index contributed by atoms with van der Waals surface area (Å²) in [7, 11) is 1.54. The molecule has 0 saturated carbocycles. The first-order chi connectivity index (χ1) is 8.70. The first kappa shape index (κ1) is 11.1. The molecule has 0 amide bonds. The van der Waals surface area contributed by atoms with Crippen LogP contribution in [0.3, 0.4) is 0 Å². The van der Waals surface area contributed by atoms with Crippen LogP contribution in [0.4, 0.5) is 0 Å². The third-order valence-electron chi connectivity index (χ3n) is 2.88. The Labute approximate surface area is 108 Å². The van der Waals surface area contributed by atoms with Crippen molar-refractivity contribution in [2.24, 2.45) is 0 Å². The lowest BCUT2D eigenvalue weighted by molar-refractivity contribution is 0.414. The average molecular weight is 261 g/mol. The van der Waals surface area contributed by atoms with E-state index in [1.807, 2.05) is 12.1 Å². The van der Waals surface area contributed by atoms with Crippen LogP contribution in [0, 0.1) is 0 Å². The molecule has 18 heavy (non-hydrogen) atoms. The minimum atomic E-state index is -0.373. The van der Waals surface area contributed by atoms with Crippen molar-refractivity contribution in [3.63, 3.8) is 0 Å². The standard InChI is InChI=1S/C14H9ClO3/c1-17-8-6-11(15)13-9-4-2-3-5-10(9)14(16)18-12(13)7-8/h2-7H,1H3. The summed E-state index contributed by atoms with van der Waals surface area (Å²) in [6, 6.07) is 10.6. The Morgan fingerprint density at radius 1 is 1.17 bits per heavy atom. The third-order valence-corrected chi connectivity index (χ3v) is 3.18. The predicted octanol–water partition coefficient (Wildman–Crippen LogP) is 3.61. The molecule has 0 saturated heterocycles. The van der Waals surface area contributed by atoms with E-state index in [1.165, 1.54) is 7.11 Å². The highest BCUT2D eigenvalue weighted by atomic mass is 35.5. The minimum absolute atomic E-state index is 0.373. The lowest BCUT2D eigenvalue weighted by atomic mass is 10.1. The second-order valence-corrected chi connectivity index (χ2v) is 4.32. The molecular weight excluding hydrogens is 252 g/mol. The molecule has 0 N–H and O–H groups in total. The Hall–Kier alpha value is -2.00. The van der Waals surface area contributed by atoms with E-state index in [9.17, 15) is 4.79 Å². The van der Waals surface area contributed by atoms with Crippen LogP contribution in [0.1, 0.15) is 0 Å². The molecule has 0 fully saturated rings. The van der Waals surface area contributed by atoms with E-state index in [-0.39, 0.29) is 5.63 Å². The molecule has 1 aromatic heterocycles. The molecule has 0 unspecified atom stereocenters. The summed E-state index contributed by atoms with van der Waals surface area (Å²) in [6.07, 6.45) is 0. The van der Waals surface area contributed by atoms with Crippen LogP contribution in [0.15, 0.2) is 45.6 Å². The summed E-state index contributed by atoms with van der Waals surface area (Å²) in [4.78, 5) is 11.9. The van der Waals surface area contributed by atoms with Crippen molar-refractivity contribution in [3.05, 3.63) is 51.8 Å². The predicted molar refractivity (Wildman–Crippen MR) is 71.6 cm³/mol. The summed E-state index contributed by atoms with van der Waals surface area (Å²) in [5, 5.41) is 2.55. The third kappa shape index (κ3) is 1.56. The van der Waals surface area contributed by atoms with Crippen molar-refractivity contribution in [1.82, 2.24) is 0 Å². The number of rotatable bonds is 1. The van der Waals surface area contributed by atoms with E-state index in [0.29, 0.717) is 21.7 Å². The highest BCUT2D eigenvalue weighted by Crippen LogP contribution is 2.33. The molecule has 0 aliphatic heterocycles.